The van der Waals surface area contributed by atoms with Crippen molar-refractivity contribution in [3.05, 3.63) is 62.9 Å². The monoisotopic (exact) mass is 563 g/mol. The second-order valence-electron chi connectivity index (χ2n) is 10.2. The highest BCUT2D eigenvalue weighted by Gasteiger charge is 2.38. The number of esters is 1. The van der Waals surface area contributed by atoms with Crippen LogP contribution in [0.4, 0.5) is 0 Å². The Morgan fingerprint density at radius 1 is 1.26 bits per heavy atom. The van der Waals surface area contributed by atoms with Crippen molar-refractivity contribution in [1.29, 1.82) is 0 Å². The number of hydrogen-bond donors (Lipinski definition) is 3. The van der Waals surface area contributed by atoms with Crippen molar-refractivity contribution in [3.8, 4) is 17.2 Å². The van der Waals surface area contributed by atoms with Gasteiger partial charge in [0.05, 0.1) is 19.8 Å². The topological polar surface area (TPSA) is 149 Å². The van der Waals surface area contributed by atoms with Crippen LogP contribution in [-0.2, 0) is 18.6 Å². The van der Waals surface area contributed by atoms with E-state index in [2.05, 4.69) is 21.5 Å². The number of aromatic nitrogens is 2. The Morgan fingerprint density at radius 2 is 1.95 bits per heavy atom. The van der Waals surface area contributed by atoms with Gasteiger partial charge in [-0.15, -0.1) is 5.54 Å². The molecule has 0 amide bonds. The third-order valence-electron chi connectivity index (χ3n) is 5.90. The molecule has 0 spiro atoms. The van der Waals surface area contributed by atoms with Gasteiger partial charge in [-0.3, -0.25) is 23.7 Å². The molecule has 1 fully saturated rings. The number of H-pyrrole nitrogens is 1. The van der Waals surface area contributed by atoms with E-state index in [-0.39, 0.29) is 24.3 Å². The smallest absolute Gasteiger partial charge is 0.459 e. The molecule has 0 saturated heterocycles. The van der Waals surface area contributed by atoms with E-state index in [1.165, 1.54) is 24.8 Å². The molecule has 1 aromatic carbocycles. The molecular weight excluding hydrogens is 529 g/mol. The zero-order valence-corrected chi connectivity index (χ0v) is 24.0. The fourth-order valence-electron chi connectivity index (χ4n) is 3.95. The lowest BCUT2D eigenvalue weighted by atomic mass is 10.1. The Kier molecular flexibility index (Phi) is 9.57. The predicted molar refractivity (Wildman–Crippen MR) is 145 cm³/mol. The van der Waals surface area contributed by atoms with E-state index in [1.807, 2.05) is 19.6 Å². The molecule has 1 aliphatic rings. The summed E-state index contributed by atoms with van der Waals surface area (Å²) >= 11 is 0. The van der Waals surface area contributed by atoms with Crippen molar-refractivity contribution in [2.75, 3.05) is 13.7 Å². The van der Waals surface area contributed by atoms with E-state index in [0.717, 1.165) is 0 Å². The molecule has 3 rings (SSSR count). The van der Waals surface area contributed by atoms with Gasteiger partial charge in [-0.1, -0.05) is 43.8 Å². The van der Waals surface area contributed by atoms with Crippen molar-refractivity contribution >= 4 is 21.8 Å². The molecule has 13 heteroatoms. The highest BCUT2D eigenvalue weighted by atomic mass is 31.2. The van der Waals surface area contributed by atoms with Gasteiger partial charge >= 0.3 is 19.4 Å². The number of para-hydroxylation sites is 1. The molecule has 206 valence electrons. The fourth-order valence-corrected chi connectivity index (χ4v) is 6.01. The predicted octanol–water partition coefficient (Wildman–Crippen LogP) is 2.43. The summed E-state index contributed by atoms with van der Waals surface area (Å²) in [4.78, 5) is 39.0. The molecule has 1 saturated carbocycles. The average Bonchev–Trinajstić information content (AvgIpc) is 3.21. The van der Waals surface area contributed by atoms with Gasteiger partial charge in [0.15, 0.2) is 0 Å². The summed E-state index contributed by atoms with van der Waals surface area (Å²) in [5.41, 5.74) is 2.15. The van der Waals surface area contributed by atoms with Crippen molar-refractivity contribution in [2.45, 2.75) is 57.6 Å². The number of methoxy groups -OCH3 is 1. The zero-order chi connectivity index (χ0) is 28.1. The van der Waals surface area contributed by atoms with E-state index in [0.29, 0.717) is 6.42 Å². The van der Waals surface area contributed by atoms with E-state index in [9.17, 15) is 24.1 Å². The molecule has 1 heterocycles. The van der Waals surface area contributed by atoms with E-state index >= 15 is 0 Å². The van der Waals surface area contributed by atoms with Gasteiger partial charge in [-0.05, 0) is 31.9 Å². The summed E-state index contributed by atoms with van der Waals surface area (Å²) in [5, 5.41) is 13.3. The minimum Gasteiger partial charge on any atom is -0.468 e. The normalized spacial score (nSPS) is 21.6. The first-order valence-electron chi connectivity index (χ1n) is 12.2. The minimum atomic E-state index is -4.08. The molecule has 0 aliphatic heterocycles. The van der Waals surface area contributed by atoms with Crippen LogP contribution in [0.5, 0.6) is 5.75 Å². The Balaban J connectivity index is 1.78. The third-order valence-corrected chi connectivity index (χ3v) is 8.42. The van der Waals surface area contributed by atoms with Gasteiger partial charge in [-0.2, -0.15) is 5.09 Å². The van der Waals surface area contributed by atoms with Crippen LogP contribution in [0, 0.1) is 17.4 Å². The lowest BCUT2D eigenvalue weighted by Crippen LogP contribution is -2.35. The Labute approximate surface area is 222 Å². The second-order valence-corrected chi connectivity index (χ2v) is 16.7. The van der Waals surface area contributed by atoms with Gasteiger partial charge in [0, 0.05) is 18.2 Å². The van der Waals surface area contributed by atoms with E-state index in [1.54, 1.807) is 30.3 Å². The Hall–Kier alpha value is -2.94. The van der Waals surface area contributed by atoms with Crippen LogP contribution in [0.1, 0.15) is 31.4 Å². The molecule has 0 bridgehead atoms. The number of aromatic amines is 1. The summed E-state index contributed by atoms with van der Waals surface area (Å²) in [6.45, 7) is 7.42. The number of hydrogen-bond acceptors (Lipinski definition) is 8. The summed E-state index contributed by atoms with van der Waals surface area (Å²) < 4.78 is 30.9. The molecule has 1 aliphatic carbocycles. The Morgan fingerprint density at radius 3 is 2.58 bits per heavy atom. The van der Waals surface area contributed by atoms with Crippen molar-refractivity contribution in [2.24, 2.45) is 5.92 Å². The van der Waals surface area contributed by atoms with E-state index < -0.39 is 57.1 Å². The highest BCUT2D eigenvalue weighted by molar-refractivity contribution is 7.52. The van der Waals surface area contributed by atoms with Crippen LogP contribution >= 0.6 is 7.75 Å². The van der Waals surface area contributed by atoms with Crippen molar-refractivity contribution in [1.82, 2.24) is 14.6 Å². The SMILES string of the molecule is COC(=O)[C@H](C)NP(=O)(OCC1C[C@@H](n2cc(C#C[Si](C)(C)C)c(=O)[nH]c2=O)CC1O)Oc1ccccc1. The zero-order valence-electron chi connectivity index (χ0n) is 22.1. The molecule has 38 heavy (non-hydrogen) atoms. The average molecular weight is 564 g/mol. The molecule has 2 aromatic rings. The number of carbonyl (C=O) groups excluding carboxylic acids is 1. The van der Waals surface area contributed by atoms with Gasteiger partial charge in [0.1, 0.15) is 25.4 Å². The molecule has 3 N–H and O–H groups in total. The summed E-state index contributed by atoms with van der Waals surface area (Å²) in [6, 6.07) is 6.90. The number of benzene rings is 1. The summed E-state index contributed by atoms with van der Waals surface area (Å²) in [6.07, 6.45) is 1.08. The van der Waals surface area contributed by atoms with Gasteiger partial charge in [-0.25, -0.2) is 9.36 Å². The second kappa shape index (κ2) is 12.3. The number of ether oxygens (including phenoxy) is 1. The third kappa shape index (κ3) is 8.03. The molecule has 0 radical (unpaired) electrons. The maximum absolute atomic E-state index is 13.6. The van der Waals surface area contributed by atoms with Crippen LogP contribution in [0.2, 0.25) is 19.6 Å². The van der Waals surface area contributed by atoms with Crippen molar-refractivity contribution < 1.29 is 28.3 Å². The molecule has 11 nitrogen and oxygen atoms in total. The van der Waals surface area contributed by atoms with Crippen LogP contribution in [0.25, 0.3) is 0 Å². The number of carbonyl (C=O) groups is 1. The van der Waals surface area contributed by atoms with Gasteiger partial charge in [0.2, 0.25) is 0 Å². The standard InChI is InChI=1S/C25H34N3O8PSi/c1-17(24(31)34-2)27-37(33,36-21-9-7-6-8-10-21)35-16-19-13-20(14-22(19)29)28-15-18(11-12-38(3,4)5)23(30)26-25(28)32/h6-10,15,17,19-20,22,29H,13-14,16H2,1-5H3,(H,27,33)(H,26,30,32)/t17-,19?,20+,22?,37?/m0/s1. The molecular formula is C25H34N3O8PSi. The fraction of sp³-hybridized carbons (Fsp3) is 0.480. The number of aliphatic hydroxyl groups excluding tert-OH is 1. The van der Waals surface area contributed by atoms with Crippen molar-refractivity contribution in [3.63, 3.8) is 0 Å². The lowest BCUT2D eigenvalue weighted by molar-refractivity contribution is -0.142. The first-order valence-corrected chi connectivity index (χ1v) is 17.3. The van der Waals surface area contributed by atoms with Gasteiger partial charge < -0.3 is 14.4 Å². The number of nitrogens with one attached hydrogen (secondary N) is 2. The van der Waals surface area contributed by atoms with E-state index in [4.69, 9.17) is 13.8 Å². The van der Waals surface area contributed by atoms with Gasteiger partial charge in [0.25, 0.3) is 5.56 Å². The quantitative estimate of drug-likeness (QED) is 0.181. The maximum Gasteiger partial charge on any atom is 0.459 e. The first-order chi connectivity index (χ1) is 17.8. The molecule has 5 atom stereocenters. The number of rotatable bonds is 9. The number of nitrogens with zero attached hydrogens (tertiary/aromatic N) is 1. The highest BCUT2D eigenvalue weighted by Crippen LogP contribution is 2.47. The largest absolute Gasteiger partial charge is 0.468 e. The van der Waals surface area contributed by atoms with Crippen LogP contribution in [0.15, 0.2) is 46.1 Å². The first kappa shape index (κ1) is 29.6. The van der Waals surface area contributed by atoms with Crippen LogP contribution in [0.3, 0.4) is 0 Å². The maximum atomic E-state index is 13.6. The number of aliphatic hydroxyl groups is 1. The summed E-state index contributed by atoms with van der Waals surface area (Å²) in [7, 11) is -4.62. The minimum absolute atomic E-state index is 0.178. The molecule has 1 aromatic heterocycles. The lowest BCUT2D eigenvalue weighted by Gasteiger charge is -2.24. The molecule has 3 unspecified atom stereocenters. The summed E-state index contributed by atoms with van der Waals surface area (Å²) in [5.74, 6) is 1.99. The van der Waals surface area contributed by atoms with Crippen LogP contribution in [-0.4, -0.2) is 54.6 Å². The van der Waals surface area contributed by atoms with Crippen LogP contribution < -0.4 is 20.9 Å². The Bertz CT molecular complexity index is 1360.